The Morgan fingerprint density at radius 1 is 1.06 bits per heavy atom. The van der Waals surface area contributed by atoms with Crippen LogP contribution in [-0.4, -0.2) is 41.0 Å². The van der Waals surface area contributed by atoms with Crippen LogP contribution in [0.4, 0.5) is 0 Å². The SMILES string of the molecule is CCOC(=O)C1CCN(C(=O)C[C@H](c2cccc(C)c2)c2cn(CC)c3ccccc23)CC1. The van der Waals surface area contributed by atoms with Gasteiger partial charge in [0.05, 0.1) is 12.5 Å². The lowest BCUT2D eigenvalue weighted by Gasteiger charge is -2.32. The molecule has 5 nitrogen and oxygen atoms in total. The van der Waals surface area contributed by atoms with E-state index >= 15 is 0 Å². The summed E-state index contributed by atoms with van der Waals surface area (Å²) >= 11 is 0. The first kappa shape index (κ1) is 23.1. The average Bonchev–Trinajstić information content (AvgIpc) is 3.21. The molecule has 0 N–H and O–H groups in total. The van der Waals surface area contributed by atoms with Gasteiger partial charge in [0.25, 0.3) is 0 Å². The number of likely N-dealkylation sites (tertiary alicyclic amines) is 1. The topological polar surface area (TPSA) is 51.5 Å². The lowest BCUT2D eigenvalue weighted by Crippen LogP contribution is -2.41. The molecule has 1 aromatic heterocycles. The Morgan fingerprint density at radius 2 is 1.82 bits per heavy atom. The zero-order chi connectivity index (χ0) is 23.4. The lowest BCUT2D eigenvalue weighted by atomic mass is 9.86. The smallest absolute Gasteiger partial charge is 0.309 e. The van der Waals surface area contributed by atoms with Gasteiger partial charge in [-0.25, -0.2) is 0 Å². The molecule has 1 amide bonds. The van der Waals surface area contributed by atoms with E-state index < -0.39 is 0 Å². The second-order valence-electron chi connectivity index (χ2n) is 8.97. The van der Waals surface area contributed by atoms with Crippen LogP contribution in [0.2, 0.25) is 0 Å². The molecule has 0 spiro atoms. The van der Waals surface area contributed by atoms with Crippen LogP contribution in [0, 0.1) is 12.8 Å². The van der Waals surface area contributed by atoms with Gasteiger partial charge in [0.2, 0.25) is 5.91 Å². The Bertz CT molecular complexity index is 1130. The van der Waals surface area contributed by atoms with Gasteiger partial charge in [0.1, 0.15) is 0 Å². The number of aryl methyl sites for hydroxylation is 2. The van der Waals surface area contributed by atoms with Crippen molar-refractivity contribution in [1.82, 2.24) is 9.47 Å². The fourth-order valence-corrected chi connectivity index (χ4v) is 5.04. The third kappa shape index (κ3) is 4.97. The van der Waals surface area contributed by atoms with Crippen LogP contribution in [0.3, 0.4) is 0 Å². The number of esters is 1. The van der Waals surface area contributed by atoms with Crippen LogP contribution in [-0.2, 0) is 20.9 Å². The molecule has 4 rings (SSSR count). The van der Waals surface area contributed by atoms with Crippen molar-refractivity contribution in [3.63, 3.8) is 0 Å². The van der Waals surface area contributed by atoms with Crippen molar-refractivity contribution < 1.29 is 14.3 Å². The molecule has 1 atom stereocenters. The number of ether oxygens (including phenoxy) is 1. The molecule has 0 bridgehead atoms. The summed E-state index contributed by atoms with van der Waals surface area (Å²) < 4.78 is 7.44. The van der Waals surface area contributed by atoms with E-state index in [4.69, 9.17) is 4.74 Å². The number of hydrogen-bond acceptors (Lipinski definition) is 3. The van der Waals surface area contributed by atoms with Gasteiger partial charge in [-0.1, -0.05) is 48.0 Å². The molecule has 1 saturated heterocycles. The highest BCUT2D eigenvalue weighted by atomic mass is 16.5. The molecule has 0 radical (unpaired) electrons. The summed E-state index contributed by atoms with van der Waals surface area (Å²) in [6, 6.07) is 17.0. The number of carbonyl (C=O) groups is 2. The van der Waals surface area contributed by atoms with Crippen LogP contribution in [0.25, 0.3) is 10.9 Å². The molecule has 2 heterocycles. The quantitative estimate of drug-likeness (QED) is 0.463. The van der Waals surface area contributed by atoms with Gasteiger partial charge < -0.3 is 14.2 Å². The highest BCUT2D eigenvalue weighted by Gasteiger charge is 2.30. The summed E-state index contributed by atoms with van der Waals surface area (Å²) in [5.74, 6) is -0.0891. The number of fused-ring (bicyclic) bond motifs is 1. The Morgan fingerprint density at radius 3 is 2.52 bits per heavy atom. The normalized spacial score (nSPS) is 15.5. The minimum absolute atomic E-state index is 0.0159. The predicted octanol–water partition coefficient (Wildman–Crippen LogP) is 5.29. The molecule has 5 heteroatoms. The number of amides is 1. The summed E-state index contributed by atoms with van der Waals surface area (Å²) in [4.78, 5) is 27.5. The van der Waals surface area contributed by atoms with E-state index in [0.29, 0.717) is 39.0 Å². The van der Waals surface area contributed by atoms with Gasteiger partial charge >= 0.3 is 5.97 Å². The fourth-order valence-electron chi connectivity index (χ4n) is 5.04. The molecule has 1 aliphatic rings. The van der Waals surface area contributed by atoms with Gasteiger partial charge in [-0.3, -0.25) is 9.59 Å². The van der Waals surface area contributed by atoms with E-state index in [2.05, 4.69) is 73.1 Å². The Kier molecular flexibility index (Phi) is 7.17. The van der Waals surface area contributed by atoms with Crippen molar-refractivity contribution in [2.45, 2.75) is 52.5 Å². The number of benzene rings is 2. The molecule has 1 fully saturated rings. The Hall–Kier alpha value is -3.08. The number of nitrogens with zero attached hydrogens (tertiary/aromatic N) is 2. The minimum Gasteiger partial charge on any atom is -0.466 e. The molecule has 1 aliphatic heterocycles. The Labute approximate surface area is 196 Å². The van der Waals surface area contributed by atoms with Crippen LogP contribution < -0.4 is 0 Å². The number of aromatic nitrogens is 1. The third-order valence-electron chi connectivity index (χ3n) is 6.83. The second-order valence-corrected chi connectivity index (χ2v) is 8.97. The zero-order valence-electron chi connectivity index (χ0n) is 19.9. The van der Waals surface area contributed by atoms with E-state index in [1.165, 1.54) is 27.6 Å². The number of carbonyl (C=O) groups excluding carboxylic acids is 2. The number of hydrogen-bond donors (Lipinski definition) is 0. The third-order valence-corrected chi connectivity index (χ3v) is 6.83. The molecule has 0 saturated carbocycles. The molecule has 2 aromatic carbocycles. The summed E-state index contributed by atoms with van der Waals surface area (Å²) in [6.07, 6.45) is 3.99. The average molecular weight is 447 g/mol. The van der Waals surface area contributed by atoms with Gasteiger partial charge in [-0.2, -0.15) is 0 Å². The van der Waals surface area contributed by atoms with Crippen molar-refractivity contribution in [2.75, 3.05) is 19.7 Å². The molecule has 33 heavy (non-hydrogen) atoms. The maximum atomic E-state index is 13.5. The fraction of sp³-hybridized carbons (Fsp3) is 0.429. The van der Waals surface area contributed by atoms with Crippen molar-refractivity contribution in [3.05, 3.63) is 71.4 Å². The van der Waals surface area contributed by atoms with E-state index in [1.54, 1.807) is 0 Å². The Balaban J connectivity index is 1.60. The van der Waals surface area contributed by atoms with Crippen molar-refractivity contribution in [2.24, 2.45) is 5.92 Å². The number of piperidine rings is 1. The van der Waals surface area contributed by atoms with Crippen LogP contribution >= 0.6 is 0 Å². The standard InChI is InChI=1S/C28H34N2O3/c1-4-29-19-25(23-11-6-7-12-26(23)29)24(22-10-8-9-20(3)17-22)18-27(31)30-15-13-21(14-16-30)28(32)33-5-2/h6-12,17,19,21,24H,4-5,13-16,18H2,1-3H3/t24-/m1/s1. The van der Waals surface area contributed by atoms with Crippen molar-refractivity contribution in [1.29, 1.82) is 0 Å². The van der Waals surface area contributed by atoms with Crippen LogP contribution in [0.1, 0.15) is 55.7 Å². The van der Waals surface area contributed by atoms with E-state index in [9.17, 15) is 9.59 Å². The zero-order valence-corrected chi connectivity index (χ0v) is 19.9. The second kappa shape index (κ2) is 10.2. The molecule has 174 valence electrons. The summed E-state index contributed by atoms with van der Waals surface area (Å²) in [5, 5.41) is 1.21. The van der Waals surface area contributed by atoms with E-state index in [0.717, 1.165) is 6.54 Å². The number of para-hydroxylation sites is 1. The largest absolute Gasteiger partial charge is 0.466 e. The summed E-state index contributed by atoms with van der Waals surface area (Å²) in [7, 11) is 0. The first-order valence-electron chi connectivity index (χ1n) is 12.1. The molecule has 0 unspecified atom stereocenters. The maximum absolute atomic E-state index is 13.5. The van der Waals surface area contributed by atoms with Gasteiger partial charge in [-0.15, -0.1) is 0 Å². The van der Waals surface area contributed by atoms with Crippen LogP contribution in [0.15, 0.2) is 54.7 Å². The molecular formula is C28H34N2O3. The minimum atomic E-state index is -0.130. The maximum Gasteiger partial charge on any atom is 0.309 e. The number of rotatable bonds is 7. The monoisotopic (exact) mass is 446 g/mol. The highest BCUT2D eigenvalue weighted by Crippen LogP contribution is 2.36. The predicted molar refractivity (Wildman–Crippen MR) is 131 cm³/mol. The first-order chi connectivity index (χ1) is 16.0. The molecule has 0 aliphatic carbocycles. The van der Waals surface area contributed by atoms with E-state index in [-0.39, 0.29) is 23.7 Å². The lowest BCUT2D eigenvalue weighted by molar-refractivity contribution is -0.151. The van der Waals surface area contributed by atoms with Gasteiger partial charge in [0.15, 0.2) is 0 Å². The van der Waals surface area contributed by atoms with E-state index in [1.807, 2.05) is 11.8 Å². The van der Waals surface area contributed by atoms with Crippen molar-refractivity contribution >= 4 is 22.8 Å². The highest BCUT2D eigenvalue weighted by molar-refractivity contribution is 5.87. The van der Waals surface area contributed by atoms with Gasteiger partial charge in [0, 0.05) is 49.1 Å². The first-order valence-corrected chi connectivity index (χ1v) is 12.1. The summed E-state index contributed by atoms with van der Waals surface area (Å²) in [5.41, 5.74) is 4.77. The molecular weight excluding hydrogens is 412 g/mol. The summed E-state index contributed by atoms with van der Waals surface area (Å²) in [6.45, 7) is 8.59. The van der Waals surface area contributed by atoms with Gasteiger partial charge in [-0.05, 0) is 50.8 Å². The van der Waals surface area contributed by atoms with Crippen molar-refractivity contribution in [3.8, 4) is 0 Å². The molecule has 3 aromatic rings. The van der Waals surface area contributed by atoms with Crippen LogP contribution in [0.5, 0.6) is 0 Å².